The van der Waals surface area contributed by atoms with Crippen LogP contribution in [0.2, 0.25) is 5.02 Å². The number of hydrogen-bond donors (Lipinski definition) is 2. The lowest BCUT2D eigenvalue weighted by atomic mass is 10.1. The summed E-state index contributed by atoms with van der Waals surface area (Å²) in [5.41, 5.74) is 4.58. The third-order valence-corrected chi connectivity index (χ3v) is 5.81. The topological polar surface area (TPSA) is 93.1 Å². The number of carbonyl (C=O) groups excluding carboxylic acids is 2. The van der Waals surface area contributed by atoms with Crippen LogP contribution < -0.4 is 16.4 Å². The first-order valence-corrected chi connectivity index (χ1v) is 10.2. The van der Waals surface area contributed by atoms with E-state index >= 15 is 0 Å². The van der Waals surface area contributed by atoms with Crippen LogP contribution in [0.25, 0.3) is 10.8 Å². The number of aryl methyl sites for hydroxylation is 1. The van der Waals surface area contributed by atoms with Crippen LogP contribution in [0.15, 0.2) is 58.2 Å². The van der Waals surface area contributed by atoms with E-state index in [0.29, 0.717) is 22.3 Å². The number of nitrogens with one attached hydrogen (secondary N) is 2. The third-order valence-electron chi connectivity index (χ3n) is 4.19. The molecular formula is C20H19ClN4O3S. The number of fused-ring (bicyclic) bond motifs is 1. The molecule has 0 aliphatic carbocycles. The van der Waals surface area contributed by atoms with Gasteiger partial charge in [-0.1, -0.05) is 41.9 Å². The van der Waals surface area contributed by atoms with E-state index in [2.05, 4.69) is 16.0 Å². The number of aromatic nitrogens is 2. The van der Waals surface area contributed by atoms with E-state index in [9.17, 15) is 14.4 Å². The fourth-order valence-corrected chi connectivity index (χ4v) is 3.83. The predicted octanol–water partition coefficient (Wildman–Crippen LogP) is 3.01. The summed E-state index contributed by atoms with van der Waals surface area (Å²) < 4.78 is 1.22. The molecule has 1 atom stereocenters. The zero-order chi connectivity index (χ0) is 21.0. The van der Waals surface area contributed by atoms with Crippen LogP contribution in [-0.2, 0) is 11.3 Å². The minimum absolute atomic E-state index is 0.0637. The van der Waals surface area contributed by atoms with Crippen molar-refractivity contribution in [1.82, 2.24) is 20.6 Å². The van der Waals surface area contributed by atoms with Crippen molar-refractivity contribution in [3.63, 3.8) is 0 Å². The maximum Gasteiger partial charge on any atom is 0.290 e. The van der Waals surface area contributed by atoms with E-state index in [1.54, 1.807) is 44.2 Å². The van der Waals surface area contributed by atoms with Crippen molar-refractivity contribution in [1.29, 1.82) is 0 Å². The van der Waals surface area contributed by atoms with Gasteiger partial charge in [0, 0.05) is 16.8 Å². The van der Waals surface area contributed by atoms with Crippen molar-refractivity contribution in [3.8, 4) is 0 Å². The molecule has 0 spiro atoms. The Labute approximate surface area is 176 Å². The molecular weight excluding hydrogens is 412 g/mol. The molecule has 1 unspecified atom stereocenters. The molecule has 7 nitrogen and oxygen atoms in total. The molecule has 3 aromatic rings. The molecule has 0 bridgehead atoms. The Kier molecular flexibility index (Phi) is 6.56. The molecule has 0 saturated carbocycles. The fourth-order valence-electron chi connectivity index (χ4n) is 2.68. The number of benzene rings is 2. The highest BCUT2D eigenvalue weighted by Gasteiger charge is 2.19. The molecule has 0 radical (unpaired) electrons. The molecule has 2 amide bonds. The third kappa shape index (κ3) is 4.60. The van der Waals surface area contributed by atoms with E-state index in [4.69, 9.17) is 11.6 Å². The summed E-state index contributed by atoms with van der Waals surface area (Å²) in [7, 11) is 0. The molecule has 0 aliphatic heterocycles. The highest BCUT2D eigenvalue weighted by atomic mass is 35.5. The van der Waals surface area contributed by atoms with E-state index < -0.39 is 17.1 Å². The van der Waals surface area contributed by atoms with Crippen LogP contribution in [-0.4, -0.2) is 26.8 Å². The van der Waals surface area contributed by atoms with Crippen LogP contribution in [0.5, 0.6) is 0 Å². The average molecular weight is 431 g/mol. The number of hydrazine groups is 1. The standard InChI is InChI=1S/C20H19ClN4O3S/c1-3-25-20(28)14-9-5-4-8-13(14)17(24-25)19(27)23-22-18(26)12(2)29-16-11-7-6-10-15(16)21/h4-12H,3H2,1-2H3,(H,22,26)(H,23,27). The quantitative estimate of drug-likeness (QED) is 0.479. The van der Waals surface area contributed by atoms with Gasteiger partial charge in [0.1, 0.15) is 0 Å². The van der Waals surface area contributed by atoms with E-state index in [1.165, 1.54) is 16.4 Å². The summed E-state index contributed by atoms with van der Waals surface area (Å²) in [5, 5.41) is 5.01. The number of halogens is 1. The minimum atomic E-state index is -0.605. The normalized spacial score (nSPS) is 11.8. The summed E-state index contributed by atoms with van der Waals surface area (Å²) in [6, 6.07) is 13.9. The Morgan fingerprint density at radius 2 is 1.76 bits per heavy atom. The van der Waals surface area contributed by atoms with Gasteiger partial charge in [-0.3, -0.25) is 25.2 Å². The second kappa shape index (κ2) is 9.11. The van der Waals surface area contributed by atoms with Gasteiger partial charge in [0.05, 0.1) is 15.7 Å². The Morgan fingerprint density at radius 1 is 1.10 bits per heavy atom. The van der Waals surface area contributed by atoms with Crippen molar-refractivity contribution in [2.24, 2.45) is 0 Å². The van der Waals surface area contributed by atoms with E-state index in [1.807, 2.05) is 18.2 Å². The Bertz CT molecular complexity index is 1130. The molecule has 3 rings (SSSR count). The Balaban J connectivity index is 1.74. The molecule has 1 heterocycles. The van der Waals surface area contributed by atoms with Gasteiger partial charge in [0.2, 0.25) is 0 Å². The Morgan fingerprint density at radius 3 is 2.45 bits per heavy atom. The summed E-state index contributed by atoms with van der Waals surface area (Å²) in [4.78, 5) is 38.2. The highest BCUT2D eigenvalue weighted by molar-refractivity contribution is 8.00. The number of nitrogens with zero attached hydrogens (tertiary/aromatic N) is 2. The predicted molar refractivity (Wildman–Crippen MR) is 114 cm³/mol. The number of amides is 2. The van der Waals surface area contributed by atoms with Crippen LogP contribution in [0, 0.1) is 0 Å². The number of hydrogen-bond acceptors (Lipinski definition) is 5. The van der Waals surface area contributed by atoms with Gasteiger partial charge >= 0.3 is 0 Å². The number of carbonyl (C=O) groups is 2. The molecule has 0 fully saturated rings. The smallest absolute Gasteiger partial charge is 0.272 e. The maximum atomic E-state index is 12.6. The molecule has 1 aromatic heterocycles. The summed E-state index contributed by atoms with van der Waals surface area (Å²) in [6.07, 6.45) is 0. The van der Waals surface area contributed by atoms with Gasteiger partial charge in [-0.25, -0.2) is 4.68 Å². The largest absolute Gasteiger partial charge is 0.290 e. The second-order valence-electron chi connectivity index (χ2n) is 6.15. The van der Waals surface area contributed by atoms with Gasteiger partial charge in [-0.15, -0.1) is 11.8 Å². The van der Waals surface area contributed by atoms with Crippen molar-refractivity contribution in [2.75, 3.05) is 0 Å². The maximum absolute atomic E-state index is 12.6. The minimum Gasteiger partial charge on any atom is -0.272 e. The van der Waals surface area contributed by atoms with Crippen molar-refractivity contribution >= 4 is 45.9 Å². The molecule has 9 heteroatoms. The second-order valence-corrected chi connectivity index (χ2v) is 7.94. The SMILES string of the molecule is CCn1nc(C(=O)NNC(=O)C(C)Sc2ccccc2Cl)c2ccccc2c1=O. The highest BCUT2D eigenvalue weighted by Crippen LogP contribution is 2.29. The lowest BCUT2D eigenvalue weighted by Crippen LogP contribution is -2.45. The van der Waals surface area contributed by atoms with Crippen LogP contribution >= 0.6 is 23.4 Å². The van der Waals surface area contributed by atoms with Crippen molar-refractivity contribution in [3.05, 3.63) is 69.6 Å². The van der Waals surface area contributed by atoms with Crippen molar-refractivity contribution < 1.29 is 9.59 Å². The van der Waals surface area contributed by atoms with Gasteiger partial charge in [-0.05, 0) is 32.0 Å². The van der Waals surface area contributed by atoms with Gasteiger partial charge in [0.25, 0.3) is 17.4 Å². The van der Waals surface area contributed by atoms with E-state index in [0.717, 1.165) is 4.90 Å². The summed E-state index contributed by atoms with van der Waals surface area (Å²) >= 11 is 7.40. The van der Waals surface area contributed by atoms with Crippen molar-refractivity contribution in [2.45, 2.75) is 30.5 Å². The summed E-state index contributed by atoms with van der Waals surface area (Å²) in [6.45, 7) is 3.79. The number of rotatable bonds is 5. The Hall–Kier alpha value is -2.84. The molecule has 29 heavy (non-hydrogen) atoms. The van der Waals surface area contributed by atoms with E-state index in [-0.39, 0.29) is 11.3 Å². The first-order valence-electron chi connectivity index (χ1n) is 8.93. The summed E-state index contributed by atoms with van der Waals surface area (Å²) in [5.74, 6) is -0.997. The average Bonchev–Trinajstić information content (AvgIpc) is 2.73. The lowest BCUT2D eigenvalue weighted by Gasteiger charge is -2.14. The van der Waals surface area contributed by atoms with Crippen LogP contribution in [0.4, 0.5) is 0 Å². The molecule has 0 aliphatic rings. The van der Waals surface area contributed by atoms with Gasteiger partial charge in [-0.2, -0.15) is 5.10 Å². The van der Waals surface area contributed by atoms with Gasteiger partial charge in [0.15, 0.2) is 5.69 Å². The molecule has 150 valence electrons. The molecule has 2 aromatic carbocycles. The number of thioether (sulfide) groups is 1. The van der Waals surface area contributed by atoms with Gasteiger partial charge < -0.3 is 0 Å². The molecule has 0 saturated heterocycles. The monoisotopic (exact) mass is 430 g/mol. The zero-order valence-electron chi connectivity index (χ0n) is 15.8. The van der Waals surface area contributed by atoms with Crippen LogP contribution in [0.1, 0.15) is 24.3 Å². The lowest BCUT2D eigenvalue weighted by molar-refractivity contribution is -0.121. The molecule has 2 N–H and O–H groups in total. The fraction of sp³-hybridized carbons (Fsp3) is 0.200. The first-order chi connectivity index (χ1) is 13.9. The van der Waals surface area contributed by atoms with Crippen LogP contribution in [0.3, 0.4) is 0 Å². The first kappa shape index (κ1) is 20.9. The zero-order valence-corrected chi connectivity index (χ0v) is 17.4.